The van der Waals surface area contributed by atoms with Gasteiger partial charge in [-0.25, -0.2) is 9.67 Å². The van der Waals surface area contributed by atoms with Gasteiger partial charge >= 0.3 is 0 Å². The van der Waals surface area contributed by atoms with Crippen LogP contribution in [0.5, 0.6) is 0 Å². The highest BCUT2D eigenvalue weighted by Crippen LogP contribution is 2.35. The minimum atomic E-state index is 0.737. The van der Waals surface area contributed by atoms with Crippen molar-refractivity contribution in [1.29, 1.82) is 0 Å². The SMILES string of the molecule is c1ccc(N2Cc3ncnn3-c3ccccc32)cc1. The van der Waals surface area contributed by atoms with Crippen LogP contribution in [0.1, 0.15) is 5.82 Å². The summed E-state index contributed by atoms with van der Waals surface area (Å²) < 4.78 is 1.91. The highest BCUT2D eigenvalue weighted by atomic mass is 15.4. The van der Waals surface area contributed by atoms with E-state index < -0.39 is 0 Å². The smallest absolute Gasteiger partial charge is 0.152 e. The number of hydrogen-bond donors (Lipinski definition) is 0. The van der Waals surface area contributed by atoms with Gasteiger partial charge in [0.25, 0.3) is 0 Å². The highest BCUT2D eigenvalue weighted by molar-refractivity contribution is 5.73. The molecule has 19 heavy (non-hydrogen) atoms. The highest BCUT2D eigenvalue weighted by Gasteiger charge is 2.23. The van der Waals surface area contributed by atoms with E-state index in [2.05, 4.69) is 57.4 Å². The molecule has 4 nitrogen and oxygen atoms in total. The monoisotopic (exact) mass is 248 g/mol. The Morgan fingerprint density at radius 3 is 2.42 bits per heavy atom. The first-order valence-corrected chi connectivity index (χ1v) is 6.24. The van der Waals surface area contributed by atoms with Crippen molar-refractivity contribution < 1.29 is 0 Å². The van der Waals surface area contributed by atoms with Gasteiger partial charge in [-0.3, -0.25) is 0 Å². The summed E-state index contributed by atoms with van der Waals surface area (Å²) in [6.07, 6.45) is 1.61. The van der Waals surface area contributed by atoms with Crippen molar-refractivity contribution in [2.75, 3.05) is 4.90 Å². The lowest BCUT2D eigenvalue weighted by Crippen LogP contribution is -2.25. The third-order valence-electron chi connectivity index (χ3n) is 3.39. The van der Waals surface area contributed by atoms with E-state index in [1.54, 1.807) is 6.33 Å². The predicted octanol–water partition coefficient (Wildman–Crippen LogP) is 2.92. The Kier molecular flexibility index (Phi) is 2.14. The predicted molar refractivity (Wildman–Crippen MR) is 73.6 cm³/mol. The first kappa shape index (κ1) is 10.3. The van der Waals surface area contributed by atoms with Gasteiger partial charge in [0.2, 0.25) is 0 Å². The third-order valence-corrected chi connectivity index (χ3v) is 3.39. The summed E-state index contributed by atoms with van der Waals surface area (Å²) in [5.74, 6) is 0.961. The van der Waals surface area contributed by atoms with Crippen molar-refractivity contribution in [2.24, 2.45) is 0 Å². The fourth-order valence-electron chi connectivity index (χ4n) is 2.51. The molecule has 0 spiro atoms. The van der Waals surface area contributed by atoms with Gasteiger partial charge < -0.3 is 4.90 Å². The molecule has 92 valence electrons. The molecule has 0 aliphatic carbocycles. The van der Waals surface area contributed by atoms with Crippen molar-refractivity contribution in [2.45, 2.75) is 6.54 Å². The van der Waals surface area contributed by atoms with Gasteiger partial charge in [0.15, 0.2) is 5.82 Å². The molecular weight excluding hydrogens is 236 g/mol. The summed E-state index contributed by atoms with van der Waals surface area (Å²) in [7, 11) is 0. The Balaban J connectivity index is 1.93. The van der Waals surface area contributed by atoms with E-state index in [4.69, 9.17) is 0 Å². The first-order chi connectivity index (χ1) is 9.43. The minimum absolute atomic E-state index is 0.737. The lowest BCUT2D eigenvalue weighted by Gasteiger charge is -2.30. The molecule has 2 heterocycles. The zero-order chi connectivity index (χ0) is 12.7. The summed E-state index contributed by atoms with van der Waals surface area (Å²) in [6, 6.07) is 18.6. The van der Waals surface area contributed by atoms with Gasteiger partial charge in [0, 0.05) is 5.69 Å². The van der Waals surface area contributed by atoms with E-state index in [-0.39, 0.29) is 0 Å². The molecule has 0 fully saturated rings. The summed E-state index contributed by atoms with van der Waals surface area (Å²) in [5, 5.41) is 4.31. The molecule has 0 atom stereocenters. The summed E-state index contributed by atoms with van der Waals surface area (Å²) in [6.45, 7) is 0.737. The molecule has 0 radical (unpaired) electrons. The van der Waals surface area contributed by atoms with Crippen LogP contribution in [0.15, 0.2) is 60.9 Å². The lowest BCUT2D eigenvalue weighted by molar-refractivity contribution is 0.742. The second-order valence-corrected chi connectivity index (χ2v) is 4.50. The van der Waals surface area contributed by atoms with Crippen LogP contribution >= 0.6 is 0 Å². The van der Waals surface area contributed by atoms with E-state index in [1.807, 2.05) is 16.8 Å². The van der Waals surface area contributed by atoms with Crippen LogP contribution in [-0.2, 0) is 6.54 Å². The fraction of sp³-hybridized carbons (Fsp3) is 0.0667. The number of para-hydroxylation sites is 3. The molecule has 3 aromatic rings. The summed E-state index contributed by atoms with van der Waals surface area (Å²) in [4.78, 5) is 6.60. The standard InChI is InChI=1S/C15H12N4/c1-2-6-12(7-3-1)18-10-15-16-11-17-19(15)14-9-5-4-8-13(14)18/h1-9,11H,10H2. The van der Waals surface area contributed by atoms with Crippen molar-refractivity contribution in [3.63, 3.8) is 0 Å². The number of benzene rings is 2. The van der Waals surface area contributed by atoms with Crippen molar-refractivity contribution in [1.82, 2.24) is 14.8 Å². The molecule has 1 aromatic heterocycles. The van der Waals surface area contributed by atoms with Crippen LogP contribution < -0.4 is 4.90 Å². The van der Waals surface area contributed by atoms with E-state index >= 15 is 0 Å². The lowest BCUT2D eigenvalue weighted by atomic mass is 10.1. The Hall–Kier alpha value is -2.62. The third kappa shape index (κ3) is 1.53. The zero-order valence-electron chi connectivity index (χ0n) is 10.3. The maximum atomic E-state index is 4.34. The Bertz CT molecular complexity index is 718. The zero-order valence-corrected chi connectivity index (χ0v) is 10.3. The molecule has 0 bridgehead atoms. The van der Waals surface area contributed by atoms with Crippen LogP contribution in [0, 0.1) is 0 Å². The van der Waals surface area contributed by atoms with Gasteiger partial charge in [0.05, 0.1) is 17.9 Å². The Morgan fingerprint density at radius 1 is 0.842 bits per heavy atom. The average molecular weight is 248 g/mol. The molecule has 4 rings (SSSR count). The van der Waals surface area contributed by atoms with Gasteiger partial charge in [0.1, 0.15) is 6.33 Å². The van der Waals surface area contributed by atoms with E-state index in [1.165, 1.54) is 5.69 Å². The van der Waals surface area contributed by atoms with E-state index in [9.17, 15) is 0 Å². The van der Waals surface area contributed by atoms with Gasteiger partial charge in [-0.1, -0.05) is 30.3 Å². The minimum Gasteiger partial charge on any atom is -0.332 e. The summed E-state index contributed by atoms with van der Waals surface area (Å²) >= 11 is 0. The molecule has 0 unspecified atom stereocenters. The fourth-order valence-corrected chi connectivity index (χ4v) is 2.51. The number of rotatable bonds is 1. The Morgan fingerprint density at radius 2 is 1.58 bits per heavy atom. The van der Waals surface area contributed by atoms with Gasteiger partial charge in [-0.05, 0) is 24.3 Å². The number of hydrogen-bond acceptors (Lipinski definition) is 3. The van der Waals surface area contributed by atoms with Crippen molar-refractivity contribution >= 4 is 11.4 Å². The maximum absolute atomic E-state index is 4.34. The molecule has 0 amide bonds. The van der Waals surface area contributed by atoms with Crippen LogP contribution in [0.4, 0.5) is 11.4 Å². The number of anilines is 2. The van der Waals surface area contributed by atoms with Gasteiger partial charge in [-0.15, -0.1) is 0 Å². The molecule has 2 aromatic carbocycles. The normalized spacial score (nSPS) is 12.9. The quantitative estimate of drug-likeness (QED) is 0.664. The number of nitrogens with zero attached hydrogens (tertiary/aromatic N) is 4. The van der Waals surface area contributed by atoms with Crippen molar-refractivity contribution in [3.05, 3.63) is 66.7 Å². The molecule has 4 heteroatoms. The largest absolute Gasteiger partial charge is 0.332 e. The molecule has 1 aliphatic rings. The molecule has 1 aliphatic heterocycles. The van der Waals surface area contributed by atoms with Crippen LogP contribution in [-0.4, -0.2) is 14.8 Å². The van der Waals surface area contributed by atoms with Crippen LogP contribution in [0.2, 0.25) is 0 Å². The molecule has 0 saturated carbocycles. The van der Waals surface area contributed by atoms with Crippen LogP contribution in [0.25, 0.3) is 5.69 Å². The van der Waals surface area contributed by atoms with Crippen molar-refractivity contribution in [3.8, 4) is 5.69 Å². The van der Waals surface area contributed by atoms with E-state index in [0.717, 1.165) is 23.7 Å². The Labute approximate surface area is 110 Å². The number of aromatic nitrogens is 3. The second kappa shape index (κ2) is 3.95. The second-order valence-electron chi connectivity index (χ2n) is 4.50. The molecule has 0 N–H and O–H groups in total. The molecule has 0 saturated heterocycles. The maximum Gasteiger partial charge on any atom is 0.152 e. The molecular formula is C15H12N4. The van der Waals surface area contributed by atoms with Crippen LogP contribution in [0.3, 0.4) is 0 Å². The topological polar surface area (TPSA) is 34.0 Å². The summed E-state index contributed by atoms with van der Waals surface area (Å²) in [5.41, 5.74) is 3.40. The first-order valence-electron chi connectivity index (χ1n) is 6.24. The number of fused-ring (bicyclic) bond motifs is 3. The van der Waals surface area contributed by atoms with Gasteiger partial charge in [-0.2, -0.15) is 5.10 Å². The average Bonchev–Trinajstić information content (AvgIpc) is 2.96. The van der Waals surface area contributed by atoms with E-state index in [0.29, 0.717) is 0 Å².